The van der Waals surface area contributed by atoms with Crippen LogP contribution in [-0.4, -0.2) is 30.3 Å². The quantitative estimate of drug-likeness (QED) is 0.664. The highest BCUT2D eigenvalue weighted by molar-refractivity contribution is 5.92. The second kappa shape index (κ2) is 2.94. The fourth-order valence-electron chi connectivity index (χ4n) is 0.908. The first-order valence-corrected chi connectivity index (χ1v) is 3.65. The smallest absolute Gasteiger partial charge is 0.273 e. The first kappa shape index (κ1) is 7.30. The third-order valence-corrected chi connectivity index (χ3v) is 1.64. The Balaban J connectivity index is 1.92. The lowest BCUT2D eigenvalue weighted by atomic mass is 10.2. The second-order valence-electron chi connectivity index (χ2n) is 2.59. The Labute approximate surface area is 68.7 Å². The number of hydrogen-bond acceptors (Lipinski definition) is 4. The molecule has 1 aliphatic heterocycles. The minimum atomic E-state index is -0.211. The zero-order chi connectivity index (χ0) is 8.39. The largest absolute Gasteiger partial charge is 0.377 e. The number of aromatic nitrogens is 1. The van der Waals surface area contributed by atoms with E-state index in [1.807, 2.05) is 0 Å². The number of nitrogens with zero attached hydrogens (tertiary/aromatic N) is 1. The van der Waals surface area contributed by atoms with Gasteiger partial charge in [0.05, 0.1) is 19.3 Å². The van der Waals surface area contributed by atoms with Crippen LogP contribution in [0.4, 0.5) is 0 Å². The fraction of sp³-hybridized carbons (Fsp3) is 0.429. The molecule has 1 aromatic rings. The summed E-state index contributed by atoms with van der Waals surface area (Å²) in [4.78, 5) is 11.2. The van der Waals surface area contributed by atoms with Gasteiger partial charge in [-0.25, -0.2) is 0 Å². The standard InChI is InChI=1S/C7H8N2O3/c10-7(6-1-2-12-9-6)8-5-3-11-4-5/h1-2,5H,3-4H2,(H,8,10). The van der Waals surface area contributed by atoms with Crippen molar-refractivity contribution in [2.45, 2.75) is 6.04 Å². The highest BCUT2D eigenvalue weighted by Gasteiger charge is 2.21. The van der Waals surface area contributed by atoms with E-state index < -0.39 is 0 Å². The van der Waals surface area contributed by atoms with Gasteiger partial charge in [0, 0.05) is 6.07 Å². The summed E-state index contributed by atoms with van der Waals surface area (Å²) in [6.07, 6.45) is 1.37. The van der Waals surface area contributed by atoms with Crippen molar-refractivity contribution in [3.8, 4) is 0 Å². The predicted molar refractivity (Wildman–Crippen MR) is 38.6 cm³/mol. The molecule has 0 aromatic carbocycles. The number of ether oxygens (including phenoxy) is 1. The van der Waals surface area contributed by atoms with Crippen molar-refractivity contribution in [1.82, 2.24) is 10.5 Å². The van der Waals surface area contributed by atoms with E-state index in [4.69, 9.17) is 4.74 Å². The monoisotopic (exact) mass is 168 g/mol. The maximum atomic E-state index is 11.2. The van der Waals surface area contributed by atoms with Gasteiger partial charge in [0.15, 0.2) is 5.69 Å². The molecule has 5 nitrogen and oxygen atoms in total. The Hall–Kier alpha value is -1.36. The summed E-state index contributed by atoms with van der Waals surface area (Å²) in [5.41, 5.74) is 0.307. The van der Waals surface area contributed by atoms with Gasteiger partial charge in [-0.15, -0.1) is 0 Å². The van der Waals surface area contributed by atoms with E-state index in [9.17, 15) is 4.79 Å². The molecule has 1 saturated heterocycles. The molecule has 0 atom stereocenters. The van der Waals surface area contributed by atoms with E-state index >= 15 is 0 Å². The SMILES string of the molecule is O=C(NC1COC1)c1ccon1. The molecule has 2 rings (SSSR count). The van der Waals surface area contributed by atoms with E-state index in [1.54, 1.807) is 0 Å². The van der Waals surface area contributed by atoms with Gasteiger partial charge in [0.25, 0.3) is 5.91 Å². The van der Waals surface area contributed by atoms with Crippen LogP contribution >= 0.6 is 0 Å². The van der Waals surface area contributed by atoms with E-state index in [2.05, 4.69) is 15.0 Å². The lowest BCUT2D eigenvalue weighted by Gasteiger charge is -2.26. The number of carbonyl (C=O) groups excluding carboxylic acids is 1. The van der Waals surface area contributed by atoms with Gasteiger partial charge in [-0.1, -0.05) is 5.16 Å². The summed E-state index contributed by atoms with van der Waals surface area (Å²) >= 11 is 0. The molecular weight excluding hydrogens is 160 g/mol. The minimum absolute atomic E-state index is 0.134. The van der Waals surface area contributed by atoms with Gasteiger partial charge in [0.2, 0.25) is 0 Å². The van der Waals surface area contributed by atoms with Crippen LogP contribution in [0, 0.1) is 0 Å². The molecule has 1 aromatic heterocycles. The van der Waals surface area contributed by atoms with Crippen LogP contribution in [0.5, 0.6) is 0 Å². The van der Waals surface area contributed by atoms with Gasteiger partial charge in [-0.2, -0.15) is 0 Å². The molecule has 2 heterocycles. The Bertz CT molecular complexity index is 266. The van der Waals surface area contributed by atoms with Crippen molar-refractivity contribution in [1.29, 1.82) is 0 Å². The van der Waals surface area contributed by atoms with E-state index in [1.165, 1.54) is 12.3 Å². The Morgan fingerprint density at radius 3 is 3.00 bits per heavy atom. The topological polar surface area (TPSA) is 64.4 Å². The summed E-state index contributed by atoms with van der Waals surface area (Å²) in [5.74, 6) is -0.211. The zero-order valence-corrected chi connectivity index (χ0v) is 6.32. The summed E-state index contributed by atoms with van der Waals surface area (Å²) in [7, 11) is 0. The van der Waals surface area contributed by atoms with Crippen LogP contribution in [0.1, 0.15) is 10.5 Å². The third kappa shape index (κ3) is 1.31. The van der Waals surface area contributed by atoms with Crippen LogP contribution in [-0.2, 0) is 4.74 Å². The molecule has 0 unspecified atom stereocenters. The second-order valence-corrected chi connectivity index (χ2v) is 2.59. The average Bonchev–Trinajstić information content (AvgIpc) is 2.47. The lowest BCUT2D eigenvalue weighted by molar-refractivity contribution is -0.00360. The molecule has 1 N–H and O–H groups in total. The van der Waals surface area contributed by atoms with Crippen molar-refractivity contribution >= 4 is 5.91 Å². The third-order valence-electron chi connectivity index (χ3n) is 1.64. The maximum absolute atomic E-state index is 11.2. The summed E-state index contributed by atoms with van der Waals surface area (Å²) in [6, 6.07) is 1.66. The number of carbonyl (C=O) groups is 1. The average molecular weight is 168 g/mol. The molecule has 0 radical (unpaired) electrons. The lowest BCUT2D eigenvalue weighted by Crippen LogP contribution is -2.48. The highest BCUT2D eigenvalue weighted by atomic mass is 16.5. The maximum Gasteiger partial charge on any atom is 0.273 e. The molecular formula is C7H8N2O3. The normalized spacial score (nSPS) is 17.0. The van der Waals surface area contributed by atoms with Crippen molar-refractivity contribution in [3.05, 3.63) is 18.0 Å². The molecule has 0 saturated carbocycles. The van der Waals surface area contributed by atoms with Crippen LogP contribution < -0.4 is 5.32 Å². The van der Waals surface area contributed by atoms with Gasteiger partial charge >= 0.3 is 0 Å². The highest BCUT2D eigenvalue weighted by Crippen LogP contribution is 2.01. The zero-order valence-electron chi connectivity index (χ0n) is 6.32. The Morgan fingerprint density at radius 2 is 2.50 bits per heavy atom. The van der Waals surface area contributed by atoms with Crippen LogP contribution in [0.2, 0.25) is 0 Å². The molecule has 0 aliphatic carbocycles. The number of hydrogen-bond donors (Lipinski definition) is 1. The van der Waals surface area contributed by atoms with Gasteiger partial charge < -0.3 is 14.6 Å². The molecule has 5 heteroatoms. The van der Waals surface area contributed by atoms with Gasteiger partial charge in [-0.05, 0) is 0 Å². The Morgan fingerprint density at radius 1 is 1.67 bits per heavy atom. The van der Waals surface area contributed by atoms with Crippen molar-refractivity contribution in [2.75, 3.05) is 13.2 Å². The van der Waals surface area contributed by atoms with Crippen LogP contribution in [0.3, 0.4) is 0 Å². The number of amides is 1. The molecule has 1 fully saturated rings. The molecule has 0 bridgehead atoms. The molecule has 1 aliphatic rings. The van der Waals surface area contributed by atoms with Crippen LogP contribution in [0.15, 0.2) is 16.9 Å². The van der Waals surface area contributed by atoms with Crippen molar-refractivity contribution in [2.24, 2.45) is 0 Å². The summed E-state index contributed by atoms with van der Waals surface area (Å²) in [6.45, 7) is 1.17. The minimum Gasteiger partial charge on any atom is -0.377 e. The molecule has 1 amide bonds. The number of rotatable bonds is 2. The summed E-state index contributed by atoms with van der Waals surface area (Å²) < 4.78 is 9.42. The predicted octanol–water partition coefficient (Wildman–Crippen LogP) is -0.197. The van der Waals surface area contributed by atoms with Gasteiger partial charge in [-0.3, -0.25) is 4.79 Å². The molecule has 0 spiro atoms. The Kier molecular flexibility index (Phi) is 1.79. The van der Waals surface area contributed by atoms with E-state index in [0.717, 1.165) is 0 Å². The molecule has 64 valence electrons. The van der Waals surface area contributed by atoms with Crippen molar-refractivity contribution < 1.29 is 14.1 Å². The van der Waals surface area contributed by atoms with Crippen LogP contribution in [0.25, 0.3) is 0 Å². The van der Waals surface area contributed by atoms with E-state index in [0.29, 0.717) is 18.9 Å². The fourth-order valence-corrected chi connectivity index (χ4v) is 0.908. The van der Waals surface area contributed by atoms with Gasteiger partial charge in [0.1, 0.15) is 6.26 Å². The first-order chi connectivity index (χ1) is 5.86. The number of nitrogens with one attached hydrogen (secondary N) is 1. The van der Waals surface area contributed by atoms with E-state index in [-0.39, 0.29) is 11.9 Å². The van der Waals surface area contributed by atoms with Crippen molar-refractivity contribution in [3.63, 3.8) is 0 Å². The summed E-state index contributed by atoms with van der Waals surface area (Å²) in [5, 5.41) is 6.23. The first-order valence-electron chi connectivity index (χ1n) is 3.65. The molecule has 12 heavy (non-hydrogen) atoms.